The van der Waals surface area contributed by atoms with Crippen molar-refractivity contribution >= 4 is 5.91 Å². The number of amides is 1. The summed E-state index contributed by atoms with van der Waals surface area (Å²) in [6.07, 6.45) is 3.79. The van der Waals surface area contributed by atoms with E-state index in [1.165, 1.54) is 0 Å². The van der Waals surface area contributed by atoms with Crippen LogP contribution in [-0.2, 0) is 4.79 Å². The highest BCUT2D eigenvalue weighted by atomic mass is 19.1. The van der Waals surface area contributed by atoms with E-state index in [4.69, 9.17) is 5.73 Å². The first kappa shape index (κ1) is 12.4. The molecular formula is C10H20FNO. The van der Waals surface area contributed by atoms with Crippen LogP contribution in [0.4, 0.5) is 4.39 Å². The summed E-state index contributed by atoms with van der Waals surface area (Å²) < 4.78 is 13.8. The van der Waals surface area contributed by atoms with Crippen LogP contribution in [0.3, 0.4) is 0 Å². The van der Waals surface area contributed by atoms with Crippen molar-refractivity contribution in [3.05, 3.63) is 0 Å². The predicted molar refractivity (Wildman–Crippen MR) is 52.1 cm³/mol. The molecular weight excluding hydrogens is 169 g/mol. The fraction of sp³-hybridized carbons (Fsp3) is 0.900. The average Bonchev–Trinajstić information content (AvgIpc) is 2.11. The number of nitrogens with two attached hydrogens (primary N) is 1. The van der Waals surface area contributed by atoms with E-state index in [0.29, 0.717) is 0 Å². The van der Waals surface area contributed by atoms with Crippen molar-refractivity contribution in [3.63, 3.8) is 0 Å². The second-order valence-corrected chi connectivity index (χ2v) is 3.54. The molecule has 2 nitrogen and oxygen atoms in total. The van der Waals surface area contributed by atoms with E-state index in [-0.39, 0.29) is 12.8 Å². The van der Waals surface area contributed by atoms with Crippen LogP contribution in [0.2, 0.25) is 0 Å². The van der Waals surface area contributed by atoms with Gasteiger partial charge < -0.3 is 5.73 Å². The molecule has 0 aromatic heterocycles. The molecule has 0 saturated heterocycles. The monoisotopic (exact) mass is 189 g/mol. The third-order valence-corrected chi connectivity index (χ3v) is 2.29. The first-order chi connectivity index (χ1) is 6.06. The van der Waals surface area contributed by atoms with Gasteiger partial charge in [-0.25, -0.2) is 4.39 Å². The summed E-state index contributed by atoms with van der Waals surface area (Å²) in [7, 11) is 0. The first-order valence-corrected chi connectivity index (χ1v) is 5.05. The SMILES string of the molecule is CCCCC(F)(CCCC)C(N)=O. The van der Waals surface area contributed by atoms with Crippen LogP contribution in [0.1, 0.15) is 52.4 Å². The number of hydrogen-bond acceptors (Lipinski definition) is 1. The summed E-state index contributed by atoms with van der Waals surface area (Å²) in [5.41, 5.74) is 3.28. The molecule has 0 atom stereocenters. The van der Waals surface area contributed by atoms with Crippen LogP contribution in [0.15, 0.2) is 0 Å². The molecule has 0 aliphatic rings. The van der Waals surface area contributed by atoms with Crippen molar-refractivity contribution in [1.82, 2.24) is 0 Å². The van der Waals surface area contributed by atoms with Gasteiger partial charge in [-0.2, -0.15) is 0 Å². The molecule has 0 aliphatic heterocycles. The summed E-state index contributed by atoms with van der Waals surface area (Å²) in [5, 5.41) is 0. The molecule has 0 rings (SSSR count). The lowest BCUT2D eigenvalue weighted by atomic mass is 9.92. The van der Waals surface area contributed by atoms with Gasteiger partial charge in [0.2, 0.25) is 0 Å². The van der Waals surface area contributed by atoms with Gasteiger partial charge in [0.25, 0.3) is 5.91 Å². The maximum Gasteiger partial charge on any atom is 0.255 e. The highest BCUT2D eigenvalue weighted by Crippen LogP contribution is 2.25. The second-order valence-electron chi connectivity index (χ2n) is 3.54. The summed E-state index contributed by atoms with van der Waals surface area (Å²) in [4.78, 5) is 10.9. The smallest absolute Gasteiger partial charge is 0.255 e. The number of carbonyl (C=O) groups excluding carboxylic acids is 1. The number of alkyl halides is 1. The Kier molecular flexibility index (Phi) is 5.67. The van der Waals surface area contributed by atoms with Crippen LogP contribution in [-0.4, -0.2) is 11.6 Å². The normalized spacial score (nSPS) is 11.6. The van der Waals surface area contributed by atoms with Gasteiger partial charge in [0.05, 0.1) is 0 Å². The Morgan fingerprint density at radius 1 is 1.23 bits per heavy atom. The number of halogens is 1. The molecule has 0 spiro atoms. The Bertz CT molecular complexity index is 151. The summed E-state index contributed by atoms with van der Waals surface area (Å²) in [6, 6.07) is 0. The van der Waals surface area contributed by atoms with E-state index in [1.807, 2.05) is 13.8 Å². The molecule has 2 N–H and O–H groups in total. The van der Waals surface area contributed by atoms with E-state index >= 15 is 0 Å². The fourth-order valence-electron chi connectivity index (χ4n) is 1.29. The van der Waals surface area contributed by atoms with Gasteiger partial charge in [-0.1, -0.05) is 26.7 Å². The van der Waals surface area contributed by atoms with Gasteiger partial charge in [0.15, 0.2) is 5.67 Å². The van der Waals surface area contributed by atoms with Crippen molar-refractivity contribution in [2.75, 3.05) is 0 Å². The topological polar surface area (TPSA) is 43.1 Å². The maximum atomic E-state index is 13.8. The summed E-state index contributed by atoms with van der Waals surface area (Å²) in [6.45, 7) is 3.95. The third-order valence-electron chi connectivity index (χ3n) is 2.29. The van der Waals surface area contributed by atoms with E-state index in [0.717, 1.165) is 25.7 Å². The molecule has 78 valence electrons. The fourth-order valence-corrected chi connectivity index (χ4v) is 1.29. The lowest BCUT2D eigenvalue weighted by Crippen LogP contribution is -2.39. The zero-order valence-electron chi connectivity index (χ0n) is 8.61. The van der Waals surface area contributed by atoms with Crippen LogP contribution in [0, 0.1) is 0 Å². The summed E-state index contributed by atoms with van der Waals surface area (Å²) >= 11 is 0. The van der Waals surface area contributed by atoms with E-state index < -0.39 is 11.6 Å². The number of carbonyl (C=O) groups is 1. The average molecular weight is 189 g/mol. The molecule has 13 heavy (non-hydrogen) atoms. The van der Waals surface area contributed by atoms with Crippen molar-refractivity contribution in [2.24, 2.45) is 5.73 Å². The first-order valence-electron chi connectivity index (χ1n) is 5.05. The minimum atomic E-state index is -1.76. The highest BCUT2D eigenvalue weighted by molar-refractivity contribution is 5.83. The Morgan fingerprint density at radius 2 is 1.62 bits per heavy atom. The Hall–Kier alpha value is -0.600. The molecule has 0 saturated carbocycles. The van der Waals surface area contributed by atoms with Gasteiger partial charge >= 0.3 is 0 Å². The molecule has 0 heterocycles. The zero-order chi connectivity index (χ0) is 10.3. The van der Waals surface area contributed by atoms with Gasteiger partial charge in [0, 0.05) is 0 Å². The maximum absolute atomic E-state index is 13.8. The standard InChI is InChI=1S/C10H20FNO/c1-3-5-7-10(11,9(12)13)8-6-4-2/h3-8H2,1-2H3,(H2,12,13). The second kappa shape index (κ2) is 5.95. The molecule has 0 bridgehead atoms. The Morgan fingerprint density at radius 3 is 1.85 bits per heavy atom. The molecule has 0 aromatic rings. The van der Waals surface area contributed by atoms with Crippen molar-refractivity contribution < 1.29 is 9.18 Å². The van der Waals surface area contributed by atoms with Crippen LogP contribution >= 0.6 is 0 Å². The van der Waals surface area contributed by atoms with Crippen LogP contribution in [0.25, 0.3) is 0 Å². The molecule has 0 radical (unpaired) electrons. The molecule has 0 aliphatic carbocycles. The van der Waals surface area contributed by atoms with Crippen molar-refractivity contribution in [2.45, 2.75) is 58.0 Å². The van der Waals surface area contributed by atoms with Crippen molar-refractivity contribution in [3.8, 4) is 0 Å². The van der Waals surface area contributed by atoms with E-state index in [9.17, 15) is 9.18 Å². The lowest BCUT2D eigenvalue weighted by molar-refractivity contribution is -0.130. The quantitative estimate of drug-likeness (QED) is 0.657. The van der Waals surface area contributed by atoms with Crippen LogP contribution in [0.5, 0.6) is 0 Å². The molecule has 0 unspecified atom stereocenters. The molecule has 1 amide bonds. The molecule has 3 heteroatoms. The number of primary amides is 1. The van der Waals surface area contributed by atoms with E-state index in [1.54, 1.807) is 0 Å². The Balaban J connectivity index is 4.08. The highest BCUT2D eigenvalue weighted by Gasteiger charge is 2.34. The zero-order valence-corrected chi connectivity index (χ0v) is 8.61. The van der Waals surface area contributed by atoms with Gasteiger partial charge in [-0.15, -0.1) is 0 Å². The lowest BCUT2D eigenvalue weighted by Gasteiger charge is -2.21. The number of unbranched alkanes of at least 4 members (excludes halogenated alkanes) is 2. The van der Waals surface area contributed by atoms with Gasteiger partial charge in [-0.05, 0) is 25.7 Å². The van der Waals surface area contributed by atoms with Crippen molar-refractivity contribution in [1.29, 1.82) is 0 Å². The largest absolute Gasteiger partial charge is 0.367 e. The number of hydrogen-bond donors (Lipinski definition) is 1. The van der Waals surface area contributed by atoms with Gasteiger partial charge in [-0.3, -0.25) is 4.79 Å². The minimum Gasteiger partial charge on any atom is -0.367 e. The predicted octanol–water partition coefficient (Wildman–Crippen LogP) is 2.56. The van der Waals surface area contributed by atoms with Crippen LogP contribution < -0.4 is 5.73 Å². The molecule has 0 fully saturated rings. The summed E-state index contributed by atoms with van der Waals surface area (Å²) in [5.74, 6) is -0.797. The van der Waals surface area contributed by atoms with Gasteiger partial charge in [0.1, 0.15) is 0 Å². The third kappa shape index (κ3) is 4.25. The number of rotatable bonds is 7. The minimum absolute atomic E-state index is 0.277. The Labute approximate surface area is 79.7 Å². The molecule has 0 aromatic carbocycles. The van der Waals surface area contributed by atoms with E-state index in [2.05, 4.69) is 0 Å².